The molecule has 9 nitrogen and oxygen atoms in total. The molecule has 1 aliphatic carbocycles. The molecule has 0 spiro atoms. The summed E-state index contributed by atoms with van der Waals surface area (Å²) in [5.74, 6) is 0.435. The maximum atomic E-state index is 11.4. The summed E-state index contributed by atoms with van der Waals surface area (Å²) >= 11 is 1.69. The van der Waals surface area contributed by atoms with E-state index in [-0.39, 0.29) is 49.4 Å². The molecule has 2 heterocycles. The summed E-state index contributed by atoms with van der Waals surface area (Å²) in [6.45, 7) is 1.98. The summed E-state index contributed by atoms with van der Waals surface area (Å²) in [4.78, 5) is 12.6. The van der Waals surface area contributed by atoms with E-state index in [1.54, 1.807) is 11.8 Å². The Morgan fingerprint density at radius 1 is 1.05 bits per heavy atom. The van der Waals surface area contributed by atoms with Crippen molar-refractivity contribution in [1.82, 2.24) is 0 Å². The van der Waals surface area contributed by atoms with Crippen LogP contribution in [0, 0.1) is 5.92 Å². The molecule has 242 valence electrons. The Hall–Kier alpha value is -1.66. The summed E-state index contributed by atoms with van der Waals surface area (Å²) < 4.78 is 42.0. The van der Waals surface area contributed by atoms with Gasteiger partial charge in [0.05, 0.1) is 32.0 Å². The molecule has 0 aromatic heterocycles. The highest BCUT2D eigenvalue weighted by Crippen LogP contribution is 2.36. The molecule has 4 rings (SSSR count). The molecule has 10 heteroatoms. The number of allylic oxidation sites excluding steroid dienone is 2. The van der Waals surface area contributed by atoms with Crippen molar-refractivity contribution in [3.05, 3.63) is 36.4 Å². The van der Waals surface area contributed by atoms with Gasteiger partial charge in [-0.2, -0.15) is 0 Å². The zero-order valence-electron chi connectivity index (χ0n) is 25.7. The first-order valence-electron chi connectivity index (χ1n) is 15.9. The van der Waals surface area contributed by atoms with Crippen molar-refractivity contribution in [2.45, 2.75) is 113 Å². The van der Waals surface area contributed by atoms with E-state index >= 15 is 0 Å². The summed E-state index contributed by atoms with van der Waals surface area (Å²) in [5.41, 5.74) is 0. The Morgan fingerprint density at radius 3 is 2.47 bits per heavy atom. The van der Waals surface area contributed by atoms with Gasteiger partial charge < -0.3 is 38.3 Å². The second-order valence-electron chi connectivity index (χ2n) is 11.5. The molecule has 2 aliphatic heterocycles. The number of aliphatic hydroxyl groups is 1. The van der Waals surface area contributed by atoms with Gasteiger partial charge in [-0.25, -0.2) is 0 Å². The number of esters is 1. The molecule has 43 heavy (non-hydrogen) atoms. The number of benzene rings is 1. The fourth-order valence-electron chi connectivity index (χ4n) is 5.79. The second kappa shape index (κ2) is 19.0. The third-order valence-corrected chi connectivity index (χ3v) is 8.97. The predicted octanol–water partition coefficient (Wildman–Crippen LogP) is 5.67. The van der Waals surface area contributed by atoms with Crippen molar-refractivity contribution in [2.24, 2.45) is 5.92 Å². The number of aliphatic hydroxyl groups excluding tert-OH is 1. The number of unbranched alkanes of at least 4 members (excludes halogenated alkanes) is 1. The van der Waals surface area contributed by atoms with E-state index in [4.69, 9.17) is 33.2 Å². The third-order valence-electron chi connectivity index (χ3n) is 8.23. The molecule has 1 saturated carbocycles. The van der Waals surface area contributed by atoms with Crippen LogP contribution in [0.2, 0.25) is 0 Å². The number of hydrogen-bond acceptors (Lipinski definition) is 10. The number of ether oxygens (including phenoxy) is 7. The number of methoxy groups -OCH3 is 1. The standard InChI is InChI=1S/C33H50O9S/c1-36-30(35)12-6-4-3-5-11-27-28(34)21-29(42-32-14-8-10-20-38-32)33(27)40-23-25(41-31-13-7-9-19-37-31)22-39-24-15-17-26(43-2)18-16-24/h3,5,15-18,25,27-29,31-34H,4,6-14,19-23H2,1-2H3/t25?,27-,28-,29+,31?,32?,33+/m0/s1. The Balaban J connectivity index is 1.39. The Kier molecular flexibility index (Phi) is 15.1. The largest absolute Gasteiger partial charge is 0.491 e. The van der Waals surface area contributed by atoms with Crippen molar-refractivity contribution < 1.29 is 43.1 Å². The Labute approximate surface area is 260 Å². The van der Waals surface area contributed by atoms with E-state index in [0.717, 1.165) is 57.1 Å². The van der Waals surface area contributed by atoms with Crippen LogP contribution in [0.5, 0.6) is 5.75 Å². The van der Waals surface area contributed by atoms with Gasteiger partial charge in [-0.15, -0.1) is 11.8 Å². The predicted molar refractivity (Wildman–Crippen MR) is 164 cm³/mol. The highest BCUT2D eigenvalue weighted by molar-refractivity contribution is 7.98. The first-order chi connectivity index (χ1) is 21.1. The van der Waals surface area contributed by atoms with Gasteiger partial charge in [0.15, 0.2) is 12.6 Å². The van der Waals surface area contributed by atoms with Gasteiger partial charge in [0, 0.05) is 36.9 Å². The van der Waals surface area contributed by atoms with Crippen LogP contribution in [0.1, 0.15) is 70.6 Å². The molecule has 1 aromatic rings. The van der Waals surface area contributed by atoms with E-state index < -0.39 is 6.10 Å². The van der Waals surface area contributed by atoms with Gasteiger partial charge in [-0.05, 0) is 88.3 Å². The lowest BCUT2D eigenvalue weighted by atomic mass is 9.98. The zero-order chi connectivity index (χ0) is 30.3. The highest BCUT2D eigenvalue weighted by atomic mass is 32.2. The molecule has 0 amide bonds. The molecule has 0 bridgehead atoms. The van der Waals surface area contributed by atoms with E-state index in [1.807, 2.05) is 30.5 Å². The number of carbonyl (C=O) groups excluding carboxylic acids is 1. The fourth-order valence-corrected chi connectivity index (χ4v) is 6.20. The Morgan fingerprint density at radius 2 is 1.79 bits per heavy atom. The average Bonchev–Trinajstić information content (AvgIpc) is 3.33. The van der Waals surface area contributed by atoms with Crippen LogP contribution in [0.3, 0.4) is 0 Å². The first-order valence-corrected chi connectivity index (χ1v) is 17.1. The van der Waals surface area contributed by atoms with Gasteiger partial charge in [0.25, 0.3) is 0 Å². The molecule has 1 aromatic carbocycles. The van der Waals surface area contributed by atoms with Crippen molar-refractivity contribution in [2.75, 3.05) is 39.8 Å². The fraction of sp³-hybridized carbons (Fsp3) is 0.727. The minimum atomic E-state index is -0.564. The molecule has 2 saturated heterocycles. The maximum Gasteiger partial charge on any atom is 0.305 e. The first kappa shape index (κ1) is 34.2. The number of rotatable bonds is 17. The van der Waals surface area contributed by atoms with Crippen molar-refractivity contribution in [3.8, 4) is 5.75 Å². The van der Waals surface area contributed by atoms with Crippen LogP contribution in [0.15, 0.2) is 41.3 Å². The van der Waals surface area contributed by atoms with E-state index in [0.29, 0.717) is 39.1 Å². The molecule has 0 radical (unpaired) electrons. The summed E-state index contributed by atoms with van der Waals surface area (Å²) in [6.07, 6.45) is 13.0. The molecule has 3 unspecified atom stereocenters. The van der Waals surface area contributed by atoms with Gasteiger partial charge in [-0.3, -0.25) is 4.79 Å². The molecular formula is C33H50O9S. The monoisotopic (exact) mass is 622 g/mol. The lowest BCUT2D eigenvalue weighted by molar-refractivity contribution is -0.226. The SMILES string of the molecule is COC(=O)CCCC=CC[C@@H]1[C@@H](OCC(COc2ccc(SC)cc2)OC2CCCCO2)[C@H](OC2CCCCO2)C[C@@H]1O. The van der Waals surface area contributed by atoms with Crippen LogP contribution in [0.4, 0.5) is 0 Å². The molecule has 3 aliphatic rings. The van der Waals surface area contributed by atoms with Crippen molar-refractivity contribution >= 4 is 17.7 Å². The minimum absolute atomic E-state index is 0.142. The van der Waals surface area contributed by atoms with Gasteiger partial charge in [-0.1, -0.05) is 12.2 Å². The van der Waals surface area contributed by atoms with Crippen LogP contribution >= 0.6 is 11.8 Å². The lowest BCUT2D eigenvalue weighted by Crippen LogP contribution is -2.40. The molecule has 7 atom stereocenters. The third kappa shape index (κ3) is 11.7. The normalized spacial score (nSPS) is 28.6. The Bertz CT molecular complexity index is 946. The molecule has 3 fully saturated rings. The van der Waals surface area contributed by atoms with E-state index in [9.17, 15) is 9.90 Å². The van der Waals surface area contributed by atoms with Crippen molar-refractivity contribution in [3.63, 3.8) is 0 Å². The summed E-state index contributed by atoms with van der Waals surface area (Å²) in [5, 5.41) is 11.1. The molecular weight excluding hydrogens is 572 g/mol. The second-order valence-corrected chi connectivity index (χ2v) is 12.3. The summed E-state index contributed by atoms with van der Waals surface area (Å²) in [6, 6.07) is 8.02. The van der Waals surface area contributed by atoms with Crippen molar-refractivity contribution in [1.29, 1.82) is 0 Å². The topological polar surface area (TPSA) is 102 Å². The summed E-state index contributed by atoms with van der Waals surface area (Å²) in [7, 11) is 1.41. The highest BCUT2D eigenvalue weighted by Gasteiger charge is 2.45. The van der Waals surface area contributed by atoms with Crippen LogP contribution in [0.25, 0.3) is 0 Å². The van der Waals surface area contributed by atoms with E-state index in [1.165, 1.54) is 12.0 Å². The van der Waals surface area contributed by atoms with Gasteiger partial charge >= 0.3 is 5.97 Å². The van der Waals surface area contributed by atoms with Crippen LogP contribution < -0.4 is 4.74 Å². The number of hydrogen-bond donors (Lipinski definition) is 1. The average molecular weight is 623 g/mol. The van der Waals surface area contributed by atoms with Crippen LogP contribution in [-0.2, 0) is 33.2 Å². The zero-order valence-corrected chi connectivity index (χ0v) is 26.6. The van der Waals surface area contributed by atoms with E-state index in [2.05, 4.69) is 12.2 Å². The minimum Gasteiger partial charge on any atom is -0.491 e. The smallest absolute Gasteiger partial charge is 0.305 e. The lowest BCUT2D eigenvalue weighted by Gasteiger charge is -2.32. The number of thioether (sulfide) groups is 1. The van der Waals surface area contributed by atoms with Crippen LogP contribution in [-0.4, -0.2) is 87.9 Å². The van der Waals surface area contributed by atoms with Gasteiger partial charge in [0.2, 0.25) is 0 Å². The molecule has 1 N–H and O–H groups in total. The maximum absolute atomic E-state index is 11.4. The quantitative estimate of drug-likeness (QED) is 0.101. The number of carbonyl (C=O) groups is 1. The van der Waals surface area contributed by atoms with Gasteiger partial charge in [0.1, 0.15) is 18.5 Å².